The van der Waals surface area contributed by atoms with Gasteiger partial charge in [-0.25, -0.2) is 0 Å². The van der Waals surface area contributed by atoms with Crippen molar-refractivity contribution >= 4 is 15.9 Å². The number of alkyl halides is 1. The van der Waals surface area contributed by atoms with Crippen LogP contribution in [0.5, 0.6) is 11.5 Å². The fraction of sp³-hybridized carbons (Fsp3) is 0.571. The van der Waals surface area contributed by atoms with Crippen LogP contribution < -0.4 is 9.47 Å². The number of halogens is 1. The Hall–Kier alpha value is -0.740. The van der Waals surface area contributed by atoms with Crippen molar-refractivity contribution in [2.24, 2.45) is 0 Å². The van der Waals surface area contributed by atoms with E-state index in [1.165, 1.54) is 0 Å². The van der Waals surface area contributed by atoms with Crippen molar-refractivity contribution in [3.63, 3.8) is 0 Å². The van der Waals surface area contributed by atoms with Gasteiger partial charge in [0.15, 0.2) is 0 Å². The molecule has 0 saturated heterocycles. The van der Waals surface area contributed by atoms with Gasteiger partial charge in [-0.15, -0.1) is 0 Å². The van der Waals surface area contributed by atoms with Crippen molar-refractivity contribution in [1.29, 1.82) is 0 Å². The van der Waals surface area contributed by atoms with Gasteiger partial charge in [-0.3, -0.25) is 0 Å². The van der Waals surface area contributed by atoms with Crippen LogP contribution in [0.3, 0.4) is 0 Å². The Kier molecular flexibility index (Phi) is 7.13. The topological polar surface area (TPSA) is 21.7 Å². The molecule has 1 rings (SSSR count). The molecular weight excluding hydrogens is 294 g/mol. The molecule has 3 nitrogen and oxygen atoms in total. The molecule has 0 fully saturated rings. The summed E-state index contributed by atoms with van der Waals surface area (Å²) in [6.45, 7) is 4.89. The summed E-state index contributed by atoms with van der Waals surface area (Å²) in [5.41, 5.74) is 0. The molecule has 0 aliphatic rings. The smallest absolute Gasteiger partial charge is 0.119 e. The Bertz CT molecular complexity index is 327. The number of likely N-dealkylation sites (N-methyl/N-ethyl adjacent to an activating group) is 1. The molecule has 1 aromatic carbocycles. The maximum Gasteiger partial charge on any atom is 0.119 e. The van der Waals surface area contributed by atoms with Gasteiger partial charge in [-0.1, -0.05) is 22.9 Å². The second-order valence-corrected chi connectivity index (χ2v) is 5.96. The van der Waals surface area contributed by atoms with E-state index in [-0.39, 0.29) is 0 Å². The van der Waals surface area contributed by atoms with Crippen LogP contribution in [0, 0.1) is 0 Å². The van der Waals surface area contributed by atoms with Crippen LogP contribution in [0.25, 0.3) is 0 Å². The third-order valence-electron chi connectivity index (χ3n) is 2.71. The van der Waals surface area contributed by atoms with Gasteiger partial charge in [0.25, 0.3) is 0 Å². The monoisotopic (exact) mass is 315 g/mol. The molecule has 0 amide bonds. The summed E-state index contributed by atoms with van der Waals surface area (Å²) in [4.78, 5) is 2.85. The van der Waals surface area contributed by atoms with E-state index < -0.39 is 0 Å². The SMILES string of the molecule is COc1ccc(OCCN(C)CCC(C)Br)cc1. The molecule has 0 radical (unpaired) electrons. The van der Waals surface area contributed by atoms with E-state index in [2.05, 4.69) is 34.8 Å². The zero-order valence-corrected chi connectivity index (χ0v) is 12.9. The van der Waals surface area contributed by atoms with Gasteiger partial charge >= 0.3 is 0 Å². The molecule has 1 atom stereocenters. The van der Waals surface area contributed by atoms with Crippen molar-refractivity contribution in [1.82, 2.24) is 4.90 Å². The summed E-state index contributed by atoms with van der Waals surface area (Å²) in [5.74, 6) is 1.74. The van der Waals surface area contributed by atoms with Crippen LogP contribution >= 0.6 is 15.9 Å². The summed E-state index contributed by atoms with van der Waals surface area (Å²) in [6, 6.07) is 7.68. The number of hydrogen-bond donors (Lipinski definition) is 0. The first-order chi connectivity index (χ1) is 8.61. The average Bonchev–Trinajstić information content (AvgIpc) is 2.37. The standard InChI is InChI=1S/C14H22BrNO2/c1-12(15)8-9-16(2)10-11-18-14-6-4-13(17-3)5-7-14/h4-7,12H,8-11H2,1-3H3. The number of ether oxygens (including phenoxy) is 2. The molecule has 0 bridgehead atoms. The first-order valence-corrected chi connectivity index (χ1v) is 7.13. The van der Waals surface area contributed by atoms with Gasteiger partial charge in [0.05, 0.1) is 7.11 Å². The van der Waals surface area contributed by atoms with Crippen molar-refractivity contribution in [3.8, 4) is 11.5 Å². The molecule has 0 spiro atoms. The zero-order valence-electron chi connectivity index (χ0n) is 11.4. The lowest BCUT2D eigenvalue weighted by Gasteiger charge is -2.17. The highest BCUT2D eigenvalue weighted by Gasteiger charge is 2.02. The predicted octanol–water partition coefficient (Wildman–Crippen LogP) is 3.18. The number of benzene rings is 1. The summed E-state index contributed by atoms with van der Waals surface area (Å²) in [5, 5.41) is 0. The minimum atomic E-state index is 0.572. The molecule has 18 heavy (non-hydrogen) atoms. The van der Waals surface area contributed by atoms with E-state index in [9.17, 15) is 0 Å². The van der Waals surface area contributed by atoms with Crippen LogP contribution in [0.1, 0.15) is 13.3 Å². The minimum absolute atomic E-state index is 0.572. The van der Waals surface area contributed by atoms with E-state index in [1.807, 2.05) is 24.3 Å². The Balaban J connectivity index is 2.20. The summed E-state index contributed by atoms with van der Waals surface area (Å²) in [6.07, 6.45) is 1.15. The minimum Gasteiger partial charge on any atom is -0.497 e. The van der Waals surface area contributed by atoms with Gasteiger partial charge < -0.3 is 14.4 Å². The highest BCUT2D eigenvalue weighted by atomic mass is 79.9. The normalized spacial score (nSPS) is 12.5. The molecule has 1 aromatic rings. The fourth-order valence-corrected chi connectivity index (χ4v) is 1.71. The summed E-state index contributed by atoms with van der Waals surface area (Å²) < 4.78 is 10.8. The number of rotatable bonds is 8. The number of methoxy groups -OCH3 is 1. The molecule has 102 valence electrons. The zero-order chi connectivity index (χ0) is 13.4. The Morgan fingerprint density at radius 1 is 1.17 bits per heavy atom. The molecule has 4 heteroatoms. The van der Waals surface area contributed by atoms with Gasteiger partial charge in [0.1, 0.15) is 18.1 Å². The maximum atomic E-state index is 5.67. The van der Waals surface area contributed by atoms with E-state index in [0.29, 0.717) is 11.4 Å². The van der Waals surface area contributed by atoms with Crippen molar-refractivity contribution in [2.45, 2.75) is 18.2 Å². The van der Waals surface area contributed by atoms with Crippen molar-refractivity contribution < 1.29 is 9.47 Å². The first-order valence-electron chi connectivity index (χ1n) is 6.21. The Labute approximate surface area is 118 Å². The van der Waals surface area contributed by atoms with Gasteiger partial charge in [0.2, 0.25) is 0 Å². The van der Waals surface area contributed by atoms with Gasteiger partial charge in [-0.2, -0.15) is 0 Å². The molecule has 0 aliphatic carbocycles. The highest BCUT2D eigenvalue weighted by molar-refractivity contribution is 9.09. The summed E-state index contributed by atoms with van der Waals surface area (Å²) in [7, 11) is 3.78. The van der Waals surface area contributed by atoms with Gasteiger partial charge in [-0.05, 0) is 44.3 Å². The molecular formula is C14H22BrNO2. The average molecular weight is 316 g/mol. The highest BCUT2D eigenvalue weighted by Crippen LogP contribution is 2.16. The largest absolute Gasteiger partial charge is 0.497 e. The van der Waals surface area contributed by atoms with Crippen LogP contribution in [-0.4, -0.2) is 43.6 Å². The lowest BCUT2D eigenvalue weighted by molar-refractivity contribution is 0.236. The molecule has 0 aliphatic heterocycles. The van der Waals surface area contributed by atoms with Crippen molar-refractivity contribution in [3.05, 3.63) is 24.3 Å². The van der Waals surface area contributed by atoms with Crippen molar-refractivity contribution in [2.75, 3.05) is 33.9 Å². The maximum absolute atomic E-state index is 5.67. The second-order valence-electron chi connectivity index (χ2n) is 4.40. The number of nitrogens with zero attached hydrogens (tertiary/aromatic N) is 1. The lowest BCUT2D eigenvalue weighted by Crippen LogP contribution is -2.26. The molecule has 0 N–H and O–H groups in total. The second kappa shape index (κ2) is 8.38. The molecule has 0 saturated carbocycles. The summed E-state index contributed by atoms with van der Waals surface area (Å²) >= 11 is 3.55. The van der Waals surface area contributed by atoms with Gasteiger partial charge in [0, 0.05) is 11.4 Å². The number of hydrogen-bond acceptors (Lipinski definition) is 3. The molecule has 1 unspecified atom stereocenters. The van der Waals surface area contributed by atoms with Crippen LogP contribution in [0.4, 0.5) is 0 Å². The third-order valence-corrected chi connectivity index (χ3v) is 3.17. The quantitative estimate of drug-likeness (QED) is 0.688. The molecule has 0 aromatic heterocycles. The first kappa shape index (κ1) is 15.3. The van der Waals surface area contributed by atoms with E-state index in [1.54, 1.807) is 7.11 Å². The molecule has 0 heterocycles. The van der Waals surface area contributed by atoms with E-state index in [4.69, 9.17) is 9.47 Å². The van der Waals surface area contributed by atoms with Crippen LogP contribution in [0.2, 0.25) is 0 Å². The van der Waals surface area contributed by atoms with E-state index in [0.717, 1.165) is 31.0 Å². The van der Waals surface area contributed by atoms with Crippen LogP contribution in [0.15, 0.2) is 24.3 Å². The fourth-order valence-electron chi connectivity index (χ4n) is 1.50. The third kappa shape index (κ3) is 6.26. The Morgan fingerprint density at radius 2 is 1.78 bits per heavy atom. The Morgan fingerprint density at radius 3 is 2.33 bits per heavy atom. The predicted molar refractivity (Wildman–Crippen MR) is 79.0 cm³/mol. The lowest BCUT2D eigenvalue weighted by atomic mass is 10.3. The van der Waals surface area contributed by atoms with E-state index >= 15 is 0 Å². The van der Waals surface area contributed by atoms with Crippen LogP contribution in [-0.2, 0) is 0 Å².